The van der Waals surface area contributed by atoms with Crippen molar-refractivity contribution in [1.29, 1.82) is 0 Å². The molecule has 0 aromatic carbocycles. The van der Waals surface area contributed by atoms with E-state index in [4.69, 9.17) is 4.42 Å². The molecule has 0 bridgehead atoms. The Labute approximate surface area is 115 Å². The second-order valence-corrected chi connectivity index (χ2v) is 5.36. The molecular weight excluding hydrogens is 240 g/mol. The summed E-state index contributed by atoms with van der Waals surface area (Å²) in [6.45, 7) is 1.75. The van der Waals surface area contributed by atoms with Gasteiger partial charge in [0.05, 0.1) is 6.26 Å². The molecule has 1 aliphatic rings. The van der Waals surface area contributed by atoms with Gasteiger partial charge in [0.15, 0.2) is 5.76 Å². The molecule has 0 radical (unpaired) electrons. The van der Waals surface area contributed by atoms with Crippen molar-refractivity contribution in [2.45, 2.75) is 44.6 Å². The summed E-state index contributed by atoms with van der Waals surface area (Å²) in [6.07, 6.45) is 9.29. The van der Waals surface area contributed by atoms with Crippen LogP contribution in [0.3, 0.4) is 0 Å². The third kappa shape index (κ3) is 4.39. The fourth-order valence-electron chi connectivity index (χ4n) is 2.73. The van der Waals surface area contributed by atoms with Crippen LogP contribution in [0.2, 0.25) is 0 Å². The Morgan fingerprint density at radius 2 is 2.21 bits per heavy atom. The van der Waals surface area contributed by atoms with E-state index in [1.54, 1.807) is 12.1 Å². The van der Waals surface area contributed by atoms with E-state index in [-0.39, 0.29) is 5.91 Å². The van der Waals surface area contributed by atoms with Crippen molar-refractivity contribution in [3.8, 4) is 0 Å². The summed E-state index contributed by atoms with van der Waals surface area (Å²) >= 11 is 0. The largest absolute Gasteiger partial charge is 0.459 e. The molecule has 19 heavy (non-hydrogen) atoms. The Balaban J connectivity index is 1.59. The number of hydrogen-bond donors (Lipinski definition) is 1. The highest BCUT2D eigenvalue weighted by Crippen LogP contribution is 2.21. The lowest BCUT2D eigenvalue weighted by atomic mass is 9.94. The molecule has 1 aliphatic carbocycles. The first-order valence-corrected chi connectivity index (χ1v) is 7.29. The molecule has 0 aliphatic heterocycles. The molecule has 1 aromatic heterocycles. The lowest BCUT2D eigenvalue weighted by Crippen LogP contribution is -2.35. The molecule has 0 spiro atoms. The maximum atomic E-state index is 11.6. The van der Waals surface area contributed by atoms with Crippen LogP contribution >= 0.6 is 0 Å². The molecule has 0 unspecified atom stereocenters. The average Bonchev–Trinajstić information content (AvgIpc) is 2.98. The maximum Gasteiger partial charge on any atom is 0.286 e. The quantitative estimate of drug-likeness (QED) is 0.803. The van der Waals surface area contributed by atoms with E-state index in [1.807, 2.05) is 0 Å². The molecule has 2 rings (SSSR count). The number of hydrogen-bond acceptors (Lipinski definition) is 3. The summed E-state index contributed by atoms with van der Waals surface area (Å²) in [5, 5.41) is 2.88. The van der Waals surface area contributed by atoms with E-state index >= 15 is 0 Å². The Bertz CT molecular complexity index is 370. The van der Waals surface area contributed by atoms with E-state index < -0.39 is 0 Å². The lowest BCUT2D eigenvalue weighted by molar-refractivity contribution is 0.0923. The number of rotatable bonds is 6. The minimum Gasteiger partial charge on any atom is -0.459 e. The van der Waals surface area contributed by atoms with Gasteiger partial charge in [0.2, 0.25) is 0 Å². The third-order valence-electron chi connectivity index (χ3n) is 3.92. The van der Waals surface area contributed by atoms with Crippen molar-refractivity contribution in [3.05, 3.63) is 24.2 Å². The Kier molecular flexibility index (Phi) is 5.45. The molecule has 4 heteroatoms. The topological polar surface area (TPSA) is 45.5 Å². The molecule has 1 heterocycles. The van der Waals surface area contributed by atoms with Crippen molar-refractivity contribution < 1.29 is 9.21 Å². The predicted molar refractivity (Wildman–Crippen MR) is 75.2 cm³/mol. The molecule has 106 valence electrons. The van der Waals surface area contributed by atoms with E-state index in [9.17, 15) is 4.79 Å². The third-order valence-corrected chi connectivity index (χ3v) is 3.92. The van der Waals surface area contributed by atoms with Gasteiger partial charge in [-0.15, -0.1) is 0 Å². The summed E-state index contributed by atoms with van der Waals surface area (Å²) in [5.41, 5.74) is 0. The maximum absolute atomic E-state index is 11.6. The summed E-state index contributed by atoms with van der Waals surface area (Å²) in [7, 11) is 2.20. The zero-order valence-electron chi connectivity index (χ0n) is 11.7. The highest BCUT2D eigenvalue weighted by atomic mass is 16.3. The van der Waals surface area contributed by atoms with Crippen molar-refractivity contribution in [2.75, 3.05) is 20.1 Å². The first-order chi connectivity index (χ1) is 9.27. The van der Waals surface area contributed by atoms with Gasteiger partial charge in [-0.2, -0.15) is 0 Å². The second kappa shape index (κ2) is 7.34. The minimum atomic E-state index is -0.120. The van der Waals surface area contributed by atoms with Gasteiger partial charge in [-0.1, -0.05) is 19.3 Å². The highest BCUT2D eigenvalue weighted by molar-refractivity contribution is 5.91. The van der Waals surface area contributed by atoms with Crippen LogP contribution in [0.25, 0.3) is 0 Å². The van der Waals surface area contributed by atoms with E-state index in [1.165, 1.54) is 38.4 Å². The summed E-state index contributed by atoms with van der Waals surface area (Å²) in [4.78, 5) is 14.1. The van der Waals surface area contributed by atoms with Crippen molar-refractivity contribution in [2.24, 2.45) is 0 Å². The lowest BCUT2D eigenvalue weighted by Gasteiger charge is -2.31. The second-order valence-electron chi connectivity index (χ2n) is 5.36. The summed E-state index contributed by atoms with van der Waals surface area (Å²) < 4.78 is 5.05. The SMILES string of the molecule is CN(CCCNC(=O)c1ccco1)C1CCCCC1. The van der Waals surface area contributed by atoms with Crippen LogP contribution < -0.4 is 5.32 Å². The summed E-state index contributed by atoms with van der Waals surface area (Å²) in [5.74, 6) is 0.269. The number of nitrogens with one attached hydrogen (secondary N) is 1. The van der Waals surface area contributed by atoms with Gasteiger partial charge in [0.25, 0.3) is 5.91 Å². The minimum absolute atomic E-state index is 0.120. The highest BCUT2D eigenvalue weighted by Gasteiger charge is 2.17. The van der Waals surface area contributed by atoms with Crippen LogP contribution in [0.1, 0.15) is 49.1 Å². The molecule has 1 aromatic rings. The summed E-state index contributed by atoms with van der Waals surface area (Å²) in [6, 6.07) is 4.16. The van der Waals surface area contributed by atoms with Gasteiger partial charge in [-0.3, -0.25) is 4.79 Å². The molecule has 0 atom stereocenters. The van der Waals surface area contributed by atoms with Gasteiger partial charge < -0.3 is 14.6 Å². The number of furan rings is 1. The van der Waals surface area contributed by atoms with Gasteiger partial charge in [-0.25, -0.2) is 0 Å². The normalized spacial score (nSPS) is 16.7. The van der Waals surface area contributed by atoms with Crippen LogP contribution in [0, 0.1) is 0 Å². The van der Waals surface area contributed by atoms with Crippen molar-refractivity contribution >= 4 is 5.91 Å². The van der Waals surface area contributed by atoms with Crippen LogP contribution in [-0.2, 0) is 0 Å². The average molecular weight is 264 g/mol. The van der Waals surface area contributed by atoms with Gasteiger partial charge in [-0.05, 0) is 45.0 Å². The van der Waals surface area contributed by atoms with Gasteiger partial charge >= 0.3 is 0 Å². The number of carbonyl (C=O) groups excluding carboxylic acids is 1. The van der Waals surface area contributed by atoms with Crippen molar-refractivity contribution in [3.63, 3.8) is 0 Å². The molecule has 1 saturated carbocycles. The molecule has 0 saturated heterocycles. The molecule has 1 fully saturated rings. The van der Waals surface area contributed by atoms with Gasteiger partial charge in [0.1, 0.15) is 0 Å². The van der Waals surface area contributed by atoms with E-state index in [2.05, 4.69) is 17.3 Å². The standard InChI is InChI=1S/C15H24N2O2/c1-17(13-7-3-2-4-8-13)11-6-10-16-15(18)14-9-5-12-19-14/h5,9,12-13H,2-4,6-8,10-11H2,1H3,(H,16,18). The first kappa shape index (κ1) is 14.1. The zero-order chi connectivity index (χ0) is 13.5. The van der Waals surface area contributed by atoms with Crippen LogP contribution in [0.15, 0.2) is 22.8 Å². The number of carbonyl (C=O) groups is 1. The number of nitrogens with zero attached hydrogens (tertiary/aromatic N) is 1. The smallest absolute Gasteiger partial charge is 0.286 e. The van der Waals surface area contributed by atoms with Crippen LogP contribution in [-0.4, -0.2) is 37.0 Å². The van der Waals surface area contributed by atoms with E-state index in [0.717, 1.165) is 19.0 Å². The van der Waals surface area contributed by atoms with Crippen LogP contribution in [0.4, 0.5) is 0 Å². The fraction of sp³-hybridized carbons (Fsp3) is 0.667. The Hall–Kier alpha value is -1.29. The molecule has 1 amide bonds. The molecule has 4 nitrogen and oxygen atoms in total. The van der Waals surface area contributed by atoms with Crippen molar-refractivity contribution in [1.82, 2.24) is 10.2 Å². The molecule has 1 N–H and O–H groups in total. The fourth-order valence-corrected chi connectivity index (χ4v) is 2.73. The Morgan fingerprint density at radius 1 is 1.42 bits per heavy atom. The van der Waals surface area contributed by atoms with Gasteiger partial charge in [0, 0.05) is 12.6 Å². The number of amides is 1. The zero-order valence-corrected chi connectivity index (χ0v) is 11.7. The molecular formula is C15H24N2O2. The first-order valence-electron chi connectivity index (χ1n) is 7.29. The predicted octanol–water partition coefficient (Wildman–Crippen LogP) is 2.66. The monoisotopic (exact) mass is 264 g/mol. The Morgan fingerprint density at radius 3 is 2.89 bits per heavy atom. The van der Waals surface area contributed by atoms with Crippen LogP contribution in [0.5, 0.6) is 0 Å². The van der Waals surface area contributed by atoms with E-state index in [0.29, 0.717) is 12.3 Å².